The molecule has 0 aliphatic rings. The first-order valence-corrected chi connectivity index (χ1v) is 13.4. The van der Waals surface area contributed by atoms with E-state index in [1.165, 1.54) is 6.07 Å². The van der Waals surface area contributed by atoms with E-state index in [2.05, 4.69) is 15.5 Å². The topological polar surface area (TPSA) is 138 Å². The first-order chi connectivity index (χ1) is 18.0. The molecule has 3 N–H and O–H groups in total. The number of hydrogen-bond acceptors (Lipinski definition) is 7. The normalized spacial score (nSPS) is 11.7. The van der Waals surface area contributed by atoms with Crippen LogP contribution in [0, 0.1) is 6.92 Å². The van der Waals surface area contributed by atoms with Crippen molar-refractivity contribution in [3.8, 4) is 11.5 Å². The quantitative estimate of drug-likeness (QED) is 0.155. The van der Waals surface area contributed by atoms with Crippen LogP contribution < -0.4 is 10.1 Å². The van der Waals surface area contributed by atoms with E-state index in [-0.39, 0.29) is 32.7 Å². The molecule has 0 bridgehead atoms. The lowest BCUT2D eigenvalue weighted by Gasteiger charge is -2.13. The molecule has 4 aromatic carbocycles. The van der Waals surface area contributed by atoms with Crippen molar-refractivity contribution in [1.29, 1.82) is 0 Å². The van der Waals surface area contributed by atoms with Gasteiger partial charge in [0.25, 0.3) is 16.0 Å². The number of carbonyl (C=O) groups excluding carboxylic acids is 1. The molecule has 0 atom stereocenters. The van der Waals surface area contributed by atoms with Crippen molar-refractivity contribution in [3.05, 3.63) is 81.8 Å². The Hall–Kier alpha value is -3.70. The van der Waals surface area contributed by atoms with Gasteiger partial charge >= 0.3 is 0 Å². The maximum absolute atomic E-state index is 13.2. The molecule has 0 aliphatic heterocycles. The lowest BCUT2D eigenvalue weighted by atomic mass is 10.0. The van der Waals surface area contributed by atoms with Gasteiger partial charge in [-0.1, -0.05) is 53.5 Å². The van der Waals surface area contributed by atoms with Gasteiger partial charge in [0.05, 0.1) is 28.4 Å². The zero-order valence-corrected chi connectivity index (χ0v) is 22.4. The molecule has 4 rings (SSSR count). The van der Waals surface area contributed by atoms with Gasteiger partial charge < -0.3 is 15.2 Å². The number of ether oxygens (including phenoxy) is 1. The number of phenolic OH excluding ortho intramolecular Hbond substituents is 1. The van der Waals surface area contributed by atoms with Gasteiger partial charge in [0.1, 0.15) is 16.5 Å². The number of amides is 1. The molecule has 0 saturated heterocycles. The Morgan fingerprint density at radius 3 is 2.50 bits per heavy atom. The summed E-state index contributed by atoms with van der Waals surface area (Å²) in [6.45, 7) is 3.78. The van der Waals surface area contributed by atoms with Gasteiger partial charge in [-0.3, -0.25) is 9.35 Å². The van der Waals surface area contributed by atoms with Crippen LogP contribution in [0.4, 0.5) is 17.1 Å². The average molecular weight is 574 g/mol. The SMILES string of the molecule is CCOc1cccc(NC(=O)c2cc3ccccc3c(N=Nc3cc(S(=O)(=O)O)cc(Cl)c3C)c2O)c1Cl. The summed E-state index contributed by atoms with van der Waals surface area (Å²) in [6, 6.07) is 15.5. The van der Waals surface area contributed by atoms with Gasteiger partial charge in [0.2, 0.25) is 0 Å². The van der Waals surface area contributed by atoms with Crippen LogP contribution in [-0.2, 0) is 10.1 Å². The molecule has 12 heteroatoms. The van der Waals surface area contributed by atoms with Crippen molar-refractivity contribution >= 4 is 67.1 Å². The third-order valence-electron chi connectivity index (χ3n) is 5.60. The minimum Gasteiger partial charge on any atom is -0.505 e. The van der Waals surface area contributed by atoms with E-state index in [0.717, 1.165) is 12.1 Å². The summed E-state index contributed by atoms with van der Waals surface area (Å²) in [5.74, 6) is -0.727. The monoisotopic (exact) mass is 573 g/mol. The number of fused-ring (bicyclic) bond motifs is 1. The zero-order valence-electron chi connectivity index (χ0n) is 20.1. The second-order valence-electron chi connectivity index (χ2n) is 8.07. The number of anilines is 1. The Kier molecular flexibility index (Phi) is 7.89. The third kappa shape index (κ3) is 5.58. The van der Waals surface area contributed by atoms with Crippen molar-refractivity contribution in [2.45, 2.75) is 18.7 Å². The van der Waals surface area contributed by atoms with E-state index < -0.39 is 26.7 Å². The van der Waals surface area contributed by atoms with Crippen molar-refractivity contribution in [2.75, 3.05) is 11.9 Å². The van der Waals surface area contributed by atoms with Gasteiger partial charge in [-0.25, -0.2) is 0 Å². The summed E-state index contributed by atoms with van der Waals surface area (Å²) in [4.78, 5) is 12.8. The summed E-state index contributed by atoms with van der Waals surface area (Å²) in [5, 5.41) is 23.3. The maximum atomic E-state index is 13.2. The van der Waals surface area contributed by atoms with Crippen LogP contribution in [0.1, 0.15) is 22.8 Å². The van der Waals surface area contributed by atoms with Crippen molar-refractivity contribution in [3.63, 3.8) is 0 Å². The molecule has 38 heavy (non-hydrogen) atoms. The highest BCUT2D eigenvalue weighted by atomic mass is 35.5. The number of halogens is 2. The van der Waals surface area contributed by atoms with Gasteiger partial charge in [-0.2, -0.15) is 13.5 Å². The number of azo groups is 1. The number of rotatable bonds is 7. The van der Waals surface area contributed by atoms with Gasteiger partial charge in [0.15, 0.2) is 5.75 Å². The molecule has 0 aromatic heterocycles. The first kappa shape index (κ1) is 27.3. The maximum Gasteiger partial charge on any atom is 0.294 e. The fourth-order valence-corrected chi connectivity index (χ4v) is 4.69. The standard InChI is InChI=1S/C26H21Cl2N3O6S/c1-3-37-22-10-6-9-20(23(22)28)29-26(33)18-11-15-7-4-5-8-17(15)24(25(18)32)31-30-21-13-16(38(34,35)36)12-19(27)14(21)2/h4-13,32H,3H2,1-2H3,(H,29,33)(H,34,35,36). The molecule has 1 amide bonds. The second kappa shape index (κ2) is 11.0. The Bertz CT molecular complexity index is 1710. The number of hydrogen-bond donors (Lipinski definition) is 3. The predicted molar refractivity (Wildman–Crippen MR) is 146 cm³/mol. The average Bonchev–Trinajstić information content (AvgIpc) is 2.87. The minimum atomic E-state index is -4.56. The van der Waals surface area contributed by atoms with Crippen LogP contribution in [0.2, 0.25) is 10.0 Å². The lowest BCUT2D eigenvalue weighted by molar-refractivity contribution is 0.102. The van der Waals surface area contributed by atoms with Crippen LogP contribution in [0.15, 0.2) is 75.8 Å². The first-order valence-electron chi connectivity index (χ1n) is 11.2. The summed E-state index contributed by atoms with van der Waals surface area (Å²) in [6.07, 6.45) is 0. The third-order valence-corrected chi connectivity index (χ3v) is 7.21. The van der Waals surface area contributed by atoms with Crippen molar-refractivity contribution in [1.82, 2.24) is 0 Å². The highest BCUT2D eigenvalue weighted by molar-refractivity contribution is 7.85. The predicted octanol–water partition coefficient (Wildman–Crippen LogP) is 7.47. The van der Waals surface area contributed by atoms with E-state index in [4.69, 9.17) is 27.9 Å². The summed E-state index contributed by atoms with van der Waals surface area (Å²) >= 11 is 12.5. The fraction of sp³-hybridized carbons (Fsp3) is 0.115. The van der Waals surface area contributed by atoms with Crippen molar-refractivity contribution < 1.29 is 27.6 Å². The van der Waals surface area contributed by atoms with Crippen LogP contribution in [-0.4, -0.2) is 30.6 Å². The molecule has 9 nitrogen and oxygen atoms in total. The molecule has 0 heterocycles. The van der Waals surface area contributed by atoms with Gasteiger partial charge in [-0.15, -0.1) is 5.11 Å². The van der Waals surface area contributed by atoms with Crippen LogP contribution >= 0.6 is 23.2 Å². The van der Waals surface area contributed by atoms with Crippen molar-refractivity contribution in [2.24, 2.45) is 10.2 Å². The zero-order chi connectivity index (χ0) is 27.6. The molecule has 0 saturated carbocycles. The molecular weight excluding hydrogens is 553 g/mol. The Balaban J connectivity index is 1.80. The van der Waals surface area contributed by atoms with E-state index in [0.29, 0.717) is 28.7 Å². The lowest BCUT2D eigenvalue weighted by Crippen LogP contribution is -2.13. The number of benzene rings is 4. The van der Waals surface area contributed by atoms with E-state index in [1.54, 1.807) is 56.3 Å². The highest BCUT2D eigenvalue weighted by Crippen LogP contribution is 2.41. The molecule has 0 radical (unpaired) electrons. The largest absolute Gasteiger partial charge is 0.505 e. The molecule has 0 fully saturated rings. The van der Waals surface area contributed by atoms with Gasteiger partial charge in [0, 0.05) is 10.4 Å². The molecule has 196 valence electrons. The Morgan fingerprint density at radius 1 is 1.05 bits per heavy atom. The Labute approximate surface area is 228 Å². The smallest absolute Gasteiger partial charge is 0.294 e. The molecule has 0 unspecified atom stereocenters. The number of nitrogens with one attached hydrogen (secondary N) is 1. The molecule has 4 aromatic rings. The summed E-state index contributed by atoms with van der Waals surface area (Å²) in [7, 11) is -4.56. The van der Waals surface area contributed by atoms with Gasteiger partial charge in [-0.05, 0) is 55.1 Å². The number of aromatic hydroxyl groups is 1. The second-order valence-corrected chi connectivity index (χ2v) is 10.3. The van der Waals surface area contributed by atoms with Crippen LogP contribution in [0.3, 0.4) is 0 Å². The van der Waals surface area contributed by atoms with E-state index >= 15 is 0 Å². The molecular formula is C26H21Cl2N3O6S. The van der Waals surface area contributed by atoms with Crippen LogP contribution in [0.25, 0.3) is 10.8 Å². The number of phenols is 1. The highest BCUT2D eigenvalue weighted by Gasteiger charge is 2.21. The fourth-order valence-electron chi connectivity index (χ4n) is 3.65. The summed E-state index contributed by atoms with van der Waals surface area (Å²) in [5.41, 5.74) is 0.588. The van der Waals surface area contributed by atoms with Crippen LogP contribution in [0.5, 0.6) is 11.5 Å². The van der Waals surface area contributed by atoms with E-state index in [9.17, 15) is 22.9 Å². The minimum absolute atomic E-state index is 0.0322. The Morgan fingerprint density at radius 2 is 1.79 bits per heavy atom. The summed E-state index contributed by atoms with van der Waals surface area (Å²) < 4.78 is 38.1. The molecule has 0 spiro atoms. The van der Waals surface area contributed by atoms with E-state index in [1.807, 2.05) is 0 Å². The molecule has 0 aliphatic carbocycles. The number of nitrogens with zero attached hydrogens (tertiary/aromatic N) is 2. The number of carbonyl (C=O) groups is 1.